The van der Waals surface area contributed by atoms with Crippen LogP contribution in [-0.4, -0.2) is 41.2 Å². The Kier molecular flexibility index (Phi) is 4.79. The molecule has 2 aliphatic carbocycles. The van der Waals surface area contributed by atoms with Crippen LogP contribution in [0.2, 0.25) is 5.02 Å². The van der Waals surface area contributed by atoms with E-state index in [1.54, 1.807) is 6.07 Å². The molecule has 4 atom stereocenters. The van der Waals surface area contributed by atoms with Crippen molar-refractivity contribution in [3.63, 3.8) is 0 Å². The molecule has 0 bridgehead atoms. The Bertz CT molecular complexity index is 898. The maximum atomic E-state index is 13.4. The van der Waals surface area contributed by atoms with Crippen LogP contribution in [0.4, 0.5) is 0 Å². The van der Waals surface area contributed by atoms with Crippen molar-refractivity contribution >= 4 is 17.5 Å². The summed E-state index contributed by atoms with van der Waals surface area (Å²) in [7, 11) is 0. The van der Waals surface area contributed by atoms with E-state index in [0.29, 0.717) is 29.0 Å². The van der Waals surface area contributed by atoms with Crippen LogP contribution < -0.4 is 4.74 Å². The molecule has 1 heterocycles. The van der Waals surface area contributed by atoms with Crippen LogP contribution in [0.3, 0.4) is 0 Å². The molecule has 1 aliphatic heterocycles. The third-order valence-electron chi connectivity index (χ3n) is 6.94. The van der Waals surface area contributed by atoms with Crippen molar-refractivity contribution in [2.75, 3.05) is 13.1 Å². The Morgan fingerprint density at radius 2 is 1.76 bits per heavy atom. The molecule has 0 unspecified atom stereocenters. The SMILES string of the molecule is O=C(N1C[C@H]2C[C@@H](Oc3cccc(Cl)c3)[C@H](O)C[C@H]2C1)C1(c2ccccc2)CC1. The van der Waals surface area contributed by atoms with Gasteiger partial charge in [0.15, 0.2) is 0 Å². The topological polar surface area (TPSA) is 49.8 Å². The zero-order valence-corrected chi connectivity index (χ0v) is 17.1. The molecule has 2 aromatic carbocycles. The van der Waals surface area contributed by atoms with Gasteiger partial charge >= 0.3 is 0 Å². The summed E-state index contributed by atoms with van der Waals surface area (Å²) >= 11 is 6.05. The molecule has 152 valence electrons. The molecule has 0 aromatic heterocycles. The van der Waals surface area contributed by atoms with Gasteiger partial charge in [-0.1, -0.05) is 48.0 Å². The molecule has 4 nitrogen and oxygen atoms in total. The minimum Gasteiger partial charge on any atom is -0.488 e. The van der Waals surface area contributed by atoms with Gasteiger partial charge in [-0.3, -0.25) is 4.79 Å². The minimum atomic E-state index is -0.519. The number of ether oxygens (including phenoxy) is 1. The summed E-state index contributed by atoms with van der Waals surface area (Å²) in [5.41, 5.74) is 0.825. The van der Waals surface area contributed by atoms with Gasteiger partial charge in [0.25, 0.3) is 0 Å². The number of aliphatic hydroxyl groups excluding tert-OH is 1. The number of aliphatic hydroxyl groups is 1. The number of carbonyl (C=O) groups is 1. The number of hydrogen-bond donors (Lipinski definition) is 1. The number of nitrogens with zero attached hydrogens (tertiary/aromatic N) is 1. The van der Waals surface area contributed by atoms with Crippen LogP contribution >= 0.6 is 11.6 Å². The highest BCUT2D eigenvalue weighted by Crippen LogP contribution is 2.51. The van der Waals surface area contributed by atoms with Crippen LogP contribution in [0, 0.1) is 11.8 Å². The molecular formula is C24H26ClNO3. The quantitative estimate of drug-likeness (QED) is 0.825. The third kappa shape index (κ3) is 3.53. The second-order valence-electron chi connectivity index (χ2n) is 8.83. The number of likely N-dealkylation sites (tertiary alicyclic amines) is 1. The number of carbonyl (C=O) groups excluding carboxylic acids is 1. The van der Waals surface area contributed by atoms with Gasteiger partial charge in [-0.2, -0.15) is 0 Å². The Morgan fingerprint density at radius 1 is 1.03 bits per heavy atom. The first-order chi connectivity index (χ1) is 14.0. The molecule has 1 saturated heterocycles. The van der Waals surface area contributed by atoms with E-state index in [4.69, 9.17) is 16.3 Å². The highest BCUT2D eigenvalue weighted by molar-refractivity contribution is 6.30. The van der Waals surface area contributed by atoms with E-state index in [1.165, 1.54) is 0 Å². The summed E-state index contributed by atoms with van der Waals surface area (Å²) in [5, 5.41) is 11.3. The van der Waals surface area contributed by atoms with Crippen molar-refractivity contribution in [1.29, 1.82) is 0 Å². The van der Waals surface area contributed by atoms with Crippen molar-refractivity contribution in [3.05, 3.63) is 65.2 Å². The van der Waals surface area contributed by atoms with Gasteiger partial charge in [-0.15, -0.1) is 0 Å². The Hall–Kier alpha value is -2.04. The van der Waals surface area contributed by atoms with E-state index in [-0.39, 0.29) is 17.4 Å². The lowest BCUT2D eigenvalue weighted by atomic mass is 9.78. The normalized spacial score (nSPS) is 29.9. The highest BCUT2D eigenvalue weighted by atomic mass is 35.5. The predicted octanol–water partition coefficient (Wildman–Crippen LogP) is 4.05. The van der Waals surface area contributed by atoms with Crippen LogP contribution in [0.1, 0.15) is 31.2 Å². The van der Waals surface area contributed by atoms with Crippen LogP contribution in [0.15, 0.2) is 54.6 Å². The number of amides is 1. The maximum Gasteiger partial charge on any atom is 0.233 e. The number of hydrogen-bond acceptors (Lipinski definition) is 3. The predicted molar refractivity (Wildman–Crippen MR) is 112 cm³/mol. The number of rotatable bonds is 4. The van der Waals surface area contributed by atoms with Gasteiger partial charge in [0.05, 0.1) is 11.5 Å². The number of benzene rings is 2. The van der Waals surface area contributed by atoms with Gasteiger partial charge < -0.3 is 14.7 Å². The Labute approximate surface area is 176 Å². The van der Waals surface area contributed by atoms with Crippen molar-refractivity contribution in [2.45, 2.75) is 43.3 Å². The zero-order chi connectivity index (χ0) is 20.0. The number of fused-ring (bicyclic) bond motifs is 1. The molecule has 0 spiro atoms. The molecule has 3 fully saturated rings. The van der Waals surface area contributed by atoms with Crippen molar-refractivity contribution in [1.82, 2.24) is 4.90 Å². The molecule has 29 heavy (non-hydrogen) atoms. The summed E-state index contributed by atoms with van der Waals surface area (Å²) in [4.78, 5) is 15.4. The molecule has 5 heteroatoms. The standard InChI is InChI=1S/C24H26ClNO3/c25-19-7-4-8-20(13-19)29-22-12-17-15-26(14-16(17)11-21(22)27)23(28)24(9-10-24)18-5-2-1-3-6-18/h1-8,13,16-17,21-22,27H,9-12,14-15H2/t16-,17+,21+,22+/m0/s1. The van der Waals surface area contributed by atoms with E-state index < -0.39 is 6.10 Å². The first kappa shape index (κ1) is 19.0. The Balaban J connectivity index is 1.27. The highest BCUT2D eigenvalue weighted by Gasteiger charge is 2.55. The van der Waals surface area contributed by atoms with Gasteiger partial charge in [0.2, 0.25) is 5.91 Å². The maximum absolute atomic E-state index is 13.4. The van der Waals surface area contributed by atoms with E-state index in [0.717, 1.165) is 37.9 Å². The zero-order valence-electron chi connectivity index (χ0n) is 16.3. The lowest BCUT2D eigenvalue weighted by Gasteiger charge is -2.35. The van der Waals surface area contributed by atoms with Gasteiger partial charge in [0.1, 0.15) is 11.9 Å². The third-order valence-corrected chi connectivity index (χ3v) is 7.18. The summed E-state index contributed by atoms with van der Waals surface area (Å²) in [5.74, 6) is 1.67. The van der Waals surface area contributed by atoms with Crippen molar-refractivity contribution in [2.24, 2.45) is 11.8 Å². The first-order valence-corrected chi connectivity index (χ1v) is 10.9. The smallest absolute Gasteiger partial charge is 0.233 e. The van der Waals surface area contributed by atoms with Crippen molar-refractivity contribution < 1.29 is 14.6 Å². The average Bonchev–Trinajstić information content (AvgIpc) is 3.44. The lowest BCUT2D eigenvalue weighted by molar-refractivity contribution is -0.133. The van der Waals surface area contributed by atoms with E-state index in [9.17, 15) is 9.90 Å². The molecule has 1 N–H and O–H groups in total. The molecule has 2 aromatic rings. The van der Waals surface area contributed by atoms with Gasteiger partial charge in [-0.05, 0) is 61.3 Å². The second kappa shape index (κ2) is 7.33. The summed E-state index contributed by atoms with van der Waals surface area (Å²) < 4.78 is 6.06. The molecular weight excluding hydrogens is 386 g/mol. The van der Waals surface area contributed by atoms with E-state index in [2.05, 4.69) is 12.1 Å². The van der Waals surface area contributed by atoms with E-state index in [1.807, 2.05) is 41.3 Å². The van der Waals surface area contributed by atoms with Gasteiger partial charge in [-0.25, -0.2) is 0 Å². The Morgan fingerprint density at radius 3 is 2.45 bits per heavy atom. The molecule has 0 radical (unpaired) electrons. The van der Waals surface area contributed by atoms with E-state index >= 15 is 0 Å². The number of halogens is 1. The van der Waals surface area contributed by atoms with Crippen LogP contribution in [0.25, 0.3) is 0 Å². The summed E-state index contributed by atoms with van der Waals surface area (Å²) in [6.07, 6.45) is 2.54. The monoisotopic (exact) mass is 411 g/mol. The van der Waals surface area contributed by atoms with Crippen LogP contribution in [0.5, 0.6) is 5.75 Å². The fourth-order valence-corrected chi connectivity index (χ4v) is 5.39. The first-order valence-electron chi connectivity index (χ1n) is 10.5. The van der Waals surface area contributed by atoms with Crippen molar-refractivity contribution in [3.8, 4) is 5.75 Å². The average molecular weight is 412 g/mol. The molecule has 5 rings (SSSR count). The largest absolute Gasteiger partial charge is 0.488 e. The summed E-state index contributed by atoms with van der Waals surface area (Å²) in [6, 6.07) is 17.5. The fourth-order valence-electron chi connectivity index (χ4n) is 5.21. The lowest BCUT2D eigenvalue weighted by Crippen LogP contribution is -2.42. The molecule has 2 saturated carbocycles. The second-order valence-corrected chi connectivity index (χ2v) is 9.27. The molecule has 1 amide bonds. The van der Waals surface area contributed by atoms with Crippen LogP contribution in [-0.2, 0) is 10.2 Å². The van der Waals surface area contributed by atoms with Gasteiger partial charge in [0, 0.05) is 18.1 Å². The minimum absolute atomic E-state index is 0.256. The fraction of sp³-hybridized carbons (Fsp3) is 0.458. The summed E-state index contributed by atoms with van der Waals surface area (Å²) in [6.45, 7) is 1.51. The molecule has 3 aliphatic rings.